The van der Waals surface area contributed by atoms with Crippen LogP contribution in [0, 0.1) is 58.6 Å². The van der Waals surface area contributed by atoms with E-state index >= 15 is 0 Å². The summed E-state index contributed by atoms with van der Waals surface area (Å²) in [5.74, 6) is -9.07. The number of benzene rings is 12. The number of halogens is 32. The number of Topliss-reactive ketones (excluding diaryl/α,β-unsaturated/α-hetero) is 4. The third-order valence-corrected chi connectivity index (χ3v) is 23.4. The van der Waals surface area contributed by atoms with E-state index < -0.39 is 174 Å². The maximum Gasteiger partial charge on any atom is 0.417 e. The molecule has 4 atom stereocenters. The van der Waals surface area contributed by atoms with Crippen molar-refractivity contribution < 1.29 is 151 Å². The predicted octanol–water partition coefficient (Wildman–Crippen LogP) is 37.2. The van der Waals surface area contributed by atoms with Crippen LogP contribution in [-0.4, -0.2) is 23.1 Å². The van der Waals surface area contributed by atoms with E-state index in [2.05, 4.69) is 0 Å². The van der Waals surface area contributed by atoms with Crippen LogP contribution in [0.4, 0.5) is 132 Å². The SMILES string of the molecule is CC(=O)C(CC(C)C)c1cc(-c2cc(C(F)(F)F)cc(C(F)(F)F)c2)cc(-c2ccc(Cl)c(C(F)(F)F)c2)c1.CC(=O)C(CC(C)C)c1cc(-c2cc(F)cc(C(F)(F)F)c2)cc(-c2cc(C(F)(F)F)cc(C(F)(F)F)c2)c1.CC(=O)C(CC(C)C)c1cc(-c2cc(F)cc(F)c2)cc(-c2cc(F)cc(C(F)(F)F)c2)c1.CC(=O)C(CC(C)C)c1cc(-c2cc(F)cc(F)c2)cc(-c2ccc(Cl)c(C(F)(F)F)c2)c1. The van der Waals surface area contributed by atoms with Crippen molar-refractivity contribution in [2.24, 2.45) is 23.7 Å². The molecule has 0 aliphatic carbocycles. The average molecular weight is 2090 g/mol. The fourth-order valence-electron chi connectivity index (χ4n) is 16.1. The van der Waals surface area contributed by atoms with Crippen molar-refractivity contribution in [3.8, 4) is 89.0 Å². The quantitative estimate of drug-likeness (QED) is 0.0566. The molecule has 12 aromatic carbocycles. The number of rotatable bonds is 24. The molecule has 4 unspecified atom stereocenters. The summed E-state index contributed by atoms with van der Waals surface area (Å²) in [7, 11) is 0. The molecule has 0 aromatic heterocycles. The molecule has 144 heavy (non-hydrogen) atoms. The fourth-order valence-corrected chi connectivity index (χ4v) is 16.6. The van der Waals surface area contributed by atoms with Crippen molar-refractivity contribution in [2.75, 3.05) is 0 Å². The zero-order valence-corrected chi connectivity index (χ0v) is 79.5. The Morgan fingerprint density at radius 2 is 0.361 bits per heavy atom. The van der Waals surface area contributed by atoms with Gasteiger partial charge in [0.15, 0.2) is 0 Å². The van der Waals surface area contributed by atoms with Crippen LogP contribution >= 0.6 is 23.2 Å². The summed E-state index contributed by atoms with van der Waals surface area (Å²) >= 11 is 11.5. The lowest BCUT2D eigenvalue weighted by molar-refractivity contribution is -0.144. The molecule has 36 heteroatoms. The van der Waals surface area contributed by atoms with Gasteiger partial charge in [-0.05, 0) is 334 Å². The molecular weight excluding hydrogens is 2000 g/mol. The summed E-state index contributed by atoms with van der Waals surface area (Å²) in [6.07, 6.45) is -38.1. The highest BCUT2D eigenvalue weighted by Gasteiger charge is 2.42. The first-order valence-corrected chi connectivity index (χ1v) is 44.6. The van der Waals surface area contributed by atoms with Gasteiger partial charge in [-0.1, -0.05) is 139 Å². The van der Waals surface area contributed by atoms with Crippen LogP contribution in [0.3, 0.4) is 0 Å². The van der Waals surface area contributed by atoms with E-state index in [0.29, 0.717) is 89.5 Å². The molecule has 0 aliphatic heterocycles. The predicted molar refractivity (Wildman–Crippen MR) is 491 cm³/mol. The van der Waals surface area contributed by atoms with Gasteiger partial charge in [0.05, 0.1) is 54.6 Å². The second-order valence-corrected chi connectivity index (χ2v) is 37.1. The van der Waals surface area contributed by atoms with Gasteiger partial charge >= 0.3 is 49.4 Å². The van der Waals surface area contributed by atoms with Crippen LogP contribution in [0.15, 0.2) is 218 Å². The number of carbonyl (C=O) groups excluding carboxylic acids is 4. The van der Waals surface area contributed by atoms with Gasteiger partial charge in [-0.25, -0.2) is 26.3 Å². The molecule has 0 N–H and O–H groups in total. The van der Waals surface area contributed by atoms with E-state index in [4.69, 9.17) is 23.2 Å². The molecule has 12 rings (SSSR count). The summed E-state index contributed by atoms with van der Waals surface area (Å²) < 4.78 is 406. The number of carbonyl (C=O) groups is 4. The Hall–Kier alpha value is -12.2. The molecule has 0 fully saturated rings. The Kier molecular flexibility index (Phi) is 36.5. The number of hydrogen-bond acceptors (Lipinski definition) is 4. The molecule has 0 saturated heterocycles. The number of hydrogen-bond donors (Lipinski definition) is 0. The minimum absolute atomic E-state index is 0.0137. The molecule has 0 heterocycles. The molecule has 0 spiro atoms. The maximum atomic E-state index is 14.2. The lowest BCUT2D eigenvalue weighted by Crippen LogP contribution is -2.13. The van der Waals surface area contributed by atoms with Gasteiger partial charge in [0, 0.05) is 35.8 Å². The monoisotopic (exact) mass is 2090 g/mol. The van der Waals surface area contributed by atoms with Crippen molar-refractivity contribution >= 4 is 46.3 Å². The Morgan fingerprint density at radius 3 is 0.535 bits per heavy atom. The number of ketones is 4. The van der Waals surface area contributed by atoms with E-state index in [0.717, 1.165) is 78.9 Å². The van der Waals surface area contributed by atoms with Crippen LogP contribution in [0.2, 0.25) is 10.0 Å². The van der Waals surface area contributed by atoms with Gasteiger partial charge in [0.2, 0.25) is 0 Å². The van der Waals surface area contributed by atoms with Gasteiger partial charge < -0.3 is 0 Å². The van der Waals surface area contributed by atoms with E-state index in [1.165, 1.54) is 82.3 Å². The number of alkyl halides is 24. The molecule has 0 aliphatic rings. The molecule has 0 amide bonds. The molecule has 0 saturated carbocycles. The van der Waals surface area contributed by atoms with Crippen LogP contribution in [0.5, 0.6) is 0 Å². The van der Waals surface area contributed by atoms with Crippen LogP contribution in [0.1, 0.15) is 199 Å². The second-order valence-electron chi connectivity index (χ2n) is 36.3. The third-order valence-electron chi connectivity index (χ3n) is 22.8. The first-order chi connectivity index (χ1) is 66.2. The van der Waals surface area contributed by atoms with E-state index in [1.807, 2.05) is 41.5 Å². The van der Waals surface area contributed by atoms with E-state index in [9.17, 15) is 151 Å². The van der Waals surface area contributed by atoms with E-state index in [-0.39, 0.29) is 144 Å². The van der Waals surface area contributed by atoms with Gasteiger partial charge in [-0.3, -0.25) is 19.2 Å². The molecule has 768 valence electrons. The summed E-state index contributed by atoms with van der Waals surface area (Å²) in [6, 6.07) is 35.1. The zero-order chi connectivity index (χ0) is 108. The molecular formula is C108H88Cl2F30O4. The average Bonchev–Trinajstić information content (AvgIpc) is 0.770. The minimum Gasteiger partial charge on any atom is -0.299 e. The summed E-state index contributed by atoms with van der Waals surface area (Å²) in [4.78, 5) is 49.8. The first kappa shape index (κ1) is 115. The third kappa shape index (κ3) is 31.4. The standard InChI is InChI=1S/C28H22ClF9O.C28H22F10O.C26H22ClF5O.C26H22F6O/c1-14(2)6-23(15(3)39)20-8-17(16-4-5-25(29)24(12-16)28(36,37)38)7-18(9-20)19-10-21(26(30,31)32)13-22(11-19)27(33,34)35;1-14(2)4-25(15(3)39)20-6-16(18-8-21(26(30,31)32)12-22(9-18)27(33,34)35)5-17(7-20)19-10-23(28(36,37)38)13-24(29)11-19;1-14(2)6-23(15(3)33)20-8-17(16-4-5-25(27)24(12-16)26(30,31)32)7-18(9-20)19-10-21(28)13-22(29)11-19;1-14(2)4-25(15(3)33)20-6-16(18-8-21(26(30,31)32)12-22(27)9-18)5-17(7-20)19-10-23(28)13-24(29)11-19/h4-5,7-14,23H,6H2,1-3H3;5-14,25H,4H2,1-3H3;4-5,7-14,23H,6H2,1-3H3;5-14,25H,4H2,1-3H3. The lowest BCUT2D eigenvalue weighted by Gasteiger charge is -2.20. The van der Waals surface area contributed by atoms with E-state index in [1.54, 1.807) is 38.1 Å². The fraction of sp³-hybridized carbons (Fsp3) is 0.296. The normalized spacial score (nSPS) is 13.2. The zero-order valence-electron chi connectivity index (χ0n) is 78.0. The Bertz CT molecular complexity index is 6580. The van der Waals surface area contributed by atoms with Crippen LogP contribution in [0.25, 0.3) is 89.0 Å². The van der Waals surface area contributed by atoms with Gasteiger partial charge in [0.1, 0.15) is 58.0 Å². The lowest BCUT2D eigenvalue weighted by atomic mass is 9.84. The molecule has 12 aromatic rings. The highest BCUT2D eigenvalue weighted by atomic mass is 35.5. The van der Waals surface area contributed by atoms with Crippen molar-refractivity contribution in [1.29, 1.82) is 0 Å². The highest BCUT2D eigenvalue weighted by Crippen LogP contribution is 2.49. The van der Waals surface area contributed by atoms with Crippen molar-refractivity contribution in [2.45, 2.75) is 182 Å². The van der Waals surface area contributed by atoms with Crippen molar-refractivity contribution in [1.82, 2.24) is 0 Å². The summed E-state index contributed by atoms with van der Waals surface area (Å²) in [6.45, 7) is 20.3. The Morgan fingerprint density at radius 1 is 0.201 bits per heavy atom. The minimum atomic E-state index is -5.14. The first-order valence-electron chi connectivity index (χ1n) is 43.9. The summed E-state index contributed by atoms with van der Waals surface area (Å²) in [5.41, 5.74) is -9.43. The Balaban J connectivity index is 0.000000215. The Labute approximate surface area is 817 Å². The molecule has 0 bridgehead atoms. The second kappa shape index (κ2) is 45.6. The topological polar surface area (TPSA) is 68.3 Å². The molecule has 4 nitrogen and oxygen atoms in total. The van der Waals surface area contributed by atoms with Gasteiger partial charge in [-0.15, -0.1) is 0 Å². The van der Waals surface area contributed by atoms with Crippen LogP contribution < -0.4 is 0 Å². The molecule has 0 radical (unpaired) electrons. The highest BCUT2D eigenvalue weighted by molar-refractivity contribution is 6.32. The van der Waals surface area contributed by atoms with Gasteiger partial charge in [0.25, 0.3) is 0 Å². The maximum absolute atomic E-state index is 14.2. The summed E-state index contributed by atoms with van der Waals surface area (Å²) in [5, 5.41) is -1.02. The largest absolute Gasteiger partial charge is 0.417 e. The van der Waals surface area contributed by atoms with Gasteiger partial charge in [-0.2, -0.15) is 105 Å². The van der Waals surface area contributed by atoms with Crippen molar-refractivity contribution in [3.63, 3.8) is 0 Å². The van der Waals surface area contributed by atoms with Crippen LogP contribution in [-0.2, 0) is 68.6 Å². The van der Waals surface area contributed by atoms with Crippen molar-refractivity contribution in [3.05, 3.63) is 330 Å². The smallest absolute Gasteiger partial charge is 0.299 e.